The Morgan fingerprint density at radius 1 is 1.13 bits per heavy atom. The second-order valence-electron chi connectivity index (χ2n) is 3.20. The van der Waals surface area contributed by atoms with E-state index in [1.807, 2.05) is 43.3 Å². The average molecular weight is 199 g/mol. The predicted octanol–water partition coefficient (Wildman–Crippen LogP) is 2.78. The molecular weight excluding hydrogens is 186 g/mol. The van der Waals surface area contributed by atoms with Gasteiger partial charge in [0.1, 0.15) is 11.6 Å². The molecule has 1 aromatic heterocycles. The number of rotatable bonds is 3. The minimum absolute atomic E-state index is 0.841. The van der Waals surface area contributed by atoms with Crippen molar-refractivity contribution in [2.24, 2.45) is 0 Å². The van der Waals surface area contributed by atoms with Crippen LogP contribution in [-0.2, 0) is 6.42 Å². The molecule has 0 radical (unpaired) electrons. The molecule has 0 atom stereocenters. The van der Waals surface area contributed by atoms with Gasteiger partial charge < -0.3 is 5.32 Å². The molecule has 3 nitrogen and oxygen atoms in total. The van der Waals surface area contributed by atoms with Crippen molar-refractivity contribution in [1.29, 1.82) is 0 Å². The van der Waals surface area contributed by atoms with Crippen LogP contribution in [0, 0.1) is 0 Å². The summed E-state index contributed by atoms with van der Waals surface area (Å²) in [4.78, 5) is 8.51. The molecule has 1 heterocycles. The molecule has 0 saturated carbocycles. The van der Waals surface area contributed by atoms with Crippen molar-refractivity contribution in [2.45, 2.75) is 13.3 Å². The highest BCUT2D eigenvalue weighted by molar-refractivity contribution is 5.55. The summed E-state index contributed by atoms with van der Waals surface area (Å²) in [6, 6.07) is 11.9. The smallest absolute Gasteiger partial charge is 0.134 e. The molecule has 0 aliphatic heterocycles. The number of para-hydroxylation sites is 1. The molecule has 0 saturated heterocycles. The predicted molar refractivity (Wildman–Crippen MR) is 61.1 cm³/mol. The summed E-state index contributed by atoms with van der Waals surface area (Å²) in [5, 5.41) is 3.23. The van der Waals surface area contributed by atoms with E-state index in [9.17, 15) is 0 Å². The van der Waals surface area contributed by atoms with E-state index in [0.29, 0.717) is 0 Å². The maximum Gasteiger partial charge on any atom is 0.134 e. The zero-order valence-electron chi connectivity index (χ0n) is 8.64. The van der Waals surface area contributed by atoms with Crippen molar-refractivity contribution in [3.05, 3.63) is 48.4 Å². The van der Waals surface area contributed by atoms with Crippen molar-refractivity contribution < 1.29 is 0 Å². The molecule has 15 heavy (non-hydrogen) atoms. The Morgan fingerprint density at radius 2 is 1.93 bits per heavy atom. The summed E-state index contributed by atoms with van der Waals surface area (Å²) in [7, 11) is 0. The molecule has 1 N–H and O–H groups in total. The zero-order chi connectivity index (χ0) is 10.5. The Hall–Kier alpha value is -1.90. The van der Waals surface area contributed by atoms with Gasteiger partial charge in [0.15, 0.2) is 0 Å². The molecular formula is C12H13N3. The highest BCUT2D eigenvalue weighted by atomic mass is 15.0. The molecule has 76 valence electrons. The number of hydrogen-bond donors (Lipinski definition) is 1. The largest absolute Gasteiger partial charge is 0.340 e. The van der Waals surface area contributed by atoms with Gasteiger partial charge in [-0.3, -0.25) is 0 Å². The molecule has 0 unspecified atom stereocenters. The number of aromatic nitrogens is 2. The first-order valence-electron chi connectivity index (χ1n) is 5.02. The van der Waals surface area contributed by atoms with Crippen molar-refractivity contribution in [2.75, 3.05) is 5.32 Å². The molecule has 0 fully saturated rings. The number of benzene rings is 1. The minimum Gasteiger partial charge on any atom is -0.340 e. The summed E-state index contributed by atoms with van der Waals surface area (Å²) in [6.07, 6.45) is 2.63. The molecule has 0 aliphatic rings. The summed E-state index contributed by atoms with van der Waals surface area (Å²) in [6.45, 7) is 2.04. The van der Waals surface area contributed by atoms with Crippen molar-refractivity contribution in [1.82, 2.24) is 9.97 Å². The highest BCUT2D eigenvalue weighted by Crippen LogP contribution is 2.12. The quantitative estimate of drug-likeness (QED) is 0.826. The summed E-state index contributed by atoms with van der Waals surface area (Å²) in [5.74, 6) is 1.70. The van der Waals surface area contributed by atoms with Gasteiger partial charge in [0, 0.05) is 18.3 Å². The first-order valence-corrected chi connectivity index (χ1v) is 5.02. The molecule has 3 heteroatoms. The lowest BCUT2D eigenvalue weighted by atomic mass is 10.3. The lowest BCUT2D eigenvalue weighted by Gasteiger charge is -2.05. The van der Waals surface area contributed by atoms with E-state index in [1.165, 1.54) is 0 Å². The summed E-state index contributed by atoms with van der Waals surface area (Å²) < 4.78 is 0. The van der Waals surface area contributed by atoms with Gasteiger partial charge in [0.05, 0.1) is 0 Å². The third-order valence-corrected chi connectivity index (χ3v) is 2.07. The van der Waals surface area contributed by atoms with Crippen molar-refractivity contribution >= 4 is 11.5 Å². The Bertz CT molecular complexity index is 426. The molecule has 1 aromatic carbocycles. The monoisotopic (exact) mass is 199 g/mol. The van der Waals surface area contributed by atoms with Gasteiger partial charge in [-0.2, -0.15) is 0 Å². The maximum absolute atomic E-state index is 4.36. The van der Waals surface area contributed by atoms with Crippen LogP contribution >= 0.6 is 0 Å². The standard InChI is InChI=1S/C12H13N3/c1-2-11-13-9-8-12(15-11)14-10-6-4-3-5-7-10/h3-9H,2H2,1H3,(H,13,14,15). The number of nitrogens with one attached hydrogen (secondary N) is 1. The van der Waals surface area contributed by atoms with E-state index in [2.05, 4.69) is 15.3 Å². The van der Waals surface area contributed by atoms with E-state index in [0.717, 1.165) is 23.8 Å². The van der Waals surface area contributed by atoms with Gasteiger partial charge in [-0.05, 0) is 18.2 Å². The van der Waals surface area contributed by atoms with E-state index >= 15 is 0 Å². The van der Waals surface area contributed by atoms with Crippen LogP contribution < -0.4 is 5.32 Å². The lowest BCUT2D eigenvalue weighted by Crippen LogP contribution is -1.98. The van der Waals surface area contributed by atoms with Gasteiger partial charge in [-0.1, -0.05) is 25.1 Å². The van der Waals surface area contributed by atoms with Gasteiger partial charge in [-0.25, -0.2) is 9.97 Å². The third-order valence-electron chi connectivity index (χ3n) is 2.07. The number of anilines is 2. The van der Waals surface area contributed by atoms with Gasteiger partial charge in [0.2, 0.25) is 0 Å². The van der Waals surface area contributed by atoms with Gasteiger partial charge >= 0.3 is 0 Å². The van der Waals surface area contributed by atoms with E-state index in [-0.39, 0.29) is 0 Å². The van der Waals surface area contributed by atoms with Crippen molar-refractivity contribution in [3.8, 4) is 0 Å². The van der Waals surface area contributed by atoms with Crippen LogP contribution in [0.25, 0.3) is 0 Å². The van der Waals surface area contributed by atoms with Crippen LogP contribution in [0.2, 0.25) is 0 Å². The van der Waals surface area contributed by atoms with Crippen LogP contribution in [0.3, 0.4) is 0 Å². The fraction of sp³-hybridized carbons (Fsp3) is 0.167. The average Bonchev–Trinajstić information content (AvgIpc) is 2.31. The Balaban J connectivity index is 2.17. The van der Waals surface area contributed by atoms with Crippen LogP contribution in [0.1, 0.15) is 12.7 Å². The number of aryl methyl sites for hydroxylation is 1. The van der Waals surface area contributed by atoms with E-state index in [4.69, 9.17) is 0 Å². The Kier molecular flexibility index (Phi) is 2.93. The first-order chi connectivity index (χ1) is 7.38. The van der Waals surface area contributed by atoms with Gasteiger partial charge in [-0.15, -0.1) is 0 Å². The fourth-order valence-corrected chi connectivity index (χ4v) is 1.31. The van der Waals surface area contributed by atoms with Crippen LogP contribution in [0.5, 0.6) is 0 Å². The van der Waals surface area contributed by atoms with Crippen LogP contribution in [0.15, 0.2) is 42.6 Å². The molecule has 0 spiro atoms. The minimum atomic E-state index is 0.841. The topological polar surface area (TPSA) is 37.8 Å². The van der Waals surface area contributed by atoms with Gasteiger partial charge in [0.25, 0.3) is 0 Å². The molecule has 0 bridgehead atoms. The summed E-state index contributed by atoms with van der Waals surface area (Å²) in [5.41, 5.74) is 1.04. The lowest BCUT2D eigenvalue weighted by molar-refractivity contribution is 0.943. The molecule has 0 aliphatic carbocycles. The summed E-state index contributed by atoms with van der Waals surface area (Å²) >= 11 is 0. The Morgan fingerprint density at radius 3 is 2.67 bits per heavy atom. The normalized spacial score (nSPS) is 9.93. The zero-order valence-corrected chi connectivity index (χ0v) is 8.64. The van der Waals surface area contributed by atoms with Crippen molar-refractivity contribution in [3.63, 3.8) is 0 Å². The fourth-order valence-electron chi connectivity index (χ4n) is 1.31. The number of nitrogens with zero attached hydrogens (tertiary/aromatic N) is 2. The first kappa shape index (κ1) is 9.65. The van der Waals surface area contributed by atoms with Crippen LogP contribution in [-0.4, -0.2) is 9.97 Å². The number of hydrogen-bond acceptors (Lipinski definition) is 3. The second kappa shape index (κ2) is 4.55. The SMILES string of the molecule is CCc1nccc(Nc2ccccc2)n1. The highest BCUT2D eigenvalue weighted by Gasteiger charge is 1.97. The van der Waals surface area contributed by atoms with E-state index in [1.54, 1.807) is 6.20 Å². The van der Waals surface area contributed by atoms with Crippen LogP contribution in [0.4, 0.5) is 11.5 Å². The Labute approximate surface area is 89.2 Å². The molecule has 2 aromatic rings. The second-order valence-corrected chi connectivity index (χ2v) is 3.20. The third kappa shape index (κ3) is 2.53. The molecule has 0 amide bonds. The molecule has 2 rings (SSSR count). The maximum atomic E-state index is 4.36. The van der Waals surface area contributed by atoms with E-state index < -0.39 is 0 Å².